The molecule has 1 unspecified atom stereocenters. The minimum atomic E-state index is 0.00119. The average molecular weight is 470 g/mol. The van der Waals surface area contributed by atoms with Gasteiger partial charge in [-0.25, -0.2) is 4.98 Å². The monoisotopic (exact) mass is 469 g/mol. The van der Waals surface area contributed by atoms with Crippen molar-refractivity contribution in [3.8, 4) is 0 Å². The molecule has 1 aliphatic carbocycles. The maximum Gasteiger partial charge on any atom is 0.263 e. The fraction of sp³-hybridized carbons (Fsp3) is 0.458. The summed E-state index contributed by atoms with van der Waals surface area (Å²) in [6, 6.07) is 8.22. The second kappa shape index (κ2) is 9.00. The van der Waals surface area contributed by atoms with Crippen LogP contribution in [-0.2, 0) is 35.3 Å². The highest BCUT2D eigenvalue weighted by atomic mass is 32.2. The minimum absolute atomic E-state index is 0.00119. The number of anilines is 1. The van der Waals surface area contributed by atoms with Gasteiger partial charge in [-0.05, 0) is 56.2 Å². The molecule has 0 fully saturated rings. The Morgan fingerprint density at radius 1 is 1.28 bits per heavy atom. The van der Waals surface area contributed by atoms with Gasteiger partial charge in [0.2, 0.25) is 5.91 Å². The van der Waals surface area contributed by atoms with E-state index >= 15 is 0 Å². The Balaban J connectivity index is 1.46. The van der Waals surface area contributed by atoms with Crippen LogP contribution in [0.15, 0.2) is 34.2 Å². The Hall–Kier alpha value is -2.16. The van der Waals surface area contributed by atoms with E-state index in [9.17, 15) is 9.59 Å². The fourth-order valence-electron chi connectivity index (χ4n) is 4.85. The molecule has 168 valence electrons. The molecule has 0 N–H and O–H groups in total. The molecule has 5 rings (SSSR count). The SMILES string of the molecule is COCCn1c(SCC(=O)N2c3ccccc3CC2C)nc2sc3c(c2c1=O)CCCC3. The molecular weight excluding hydrogens is 442 g/mol. The molecule has 0 bridgehead atoms. The number of thioether (sulfide) groups is 1. The van der Waals surface area contributed by atoms with Crippen molar-refractivity contribution in [3.63, 3.8) is 0 Å². The minimum Gasteiger partial charge on any atom is -0.383 e. The molecule has 2 aliphatic rings. The van der Waals surface area contributed by atoms with E-state index in [1.807, 2.05) is 23.1 Å². The Kier molecular flexibility index (Phi) is 6.09. The van der Waals surface area contributed by atoms with Crippen LogP contribution in [-0.4, -0.2) is 41.0 Å². The molecule has 1 aliphatic heterocycles. The second-order valence-electron chi connectivity index (χ2n) is 8.47. The van der Waals surface area contributed by atoms with E-state index in [4.69, 9.17) is 9.72 Å². The number of ether oxygens (including phenoxy) is 1. The Morgan fingerprint density at radius 2 is 2.09 bits per heavy atom. The van der Waals surface area contributed by atoms with Gasteiger partial charge in [0.1, 0.15) is 4.83 Å². The molecule has 0 radical (unpaired) electrons. The maximum absolute atomic E-state index is 13.5. The van der Waals surface area contributed by atoms with E-state index in [1.165, 1.54) is 34.2 Å². The van der Waals surface area contributed by atoms with Gasteiger partial charge in [0.05, 0.1) is 24.3 Å². The van der Waals surface area contributed by atoms with Crippen LogP contribution in [0.25, 0.3) is 10.2 Å². The van der Waals surface area contributed by atoms with Crippen LogP contribution in [0.3, 0.4) is 0 Å². The molecule has 0 saturated heterocycles. The van der Waals surface area contributed by atoms with Crippen LogP contribution >= 0.6 is 23.1 Å². The number of benzene rings is 1. The van der Waals surface area contributed by atoms with Crippen molar-refractivity contribution in [3.05, 3.63) is 50.6 Å². The third-order valence-corrected chi connectivity index (χ3v) is 8.51. The summed E-state index contributed by atoms with van der Waals surface area (Å²) in [6.45, 7) is 2.94. The van der Waals surface area contributed by atoms with E-state index in [0.29, 0.717) is 18.3 Å². The Morgan fingerprint density at radius 3 is 2.94 bits per heavy atom. The summed E-state index contributed by atoms with van der Waals surface area (Å²) in [5, 5.41) is 1.38. The van der Waals surface area contributed by atoms with Crippen molar-refractivity contribution in [2.24, 2.45) is 0 Å². The van der Waals surface area contributed by atoms with E-state index in [0.717, 1.165) is 41.6 Å². The number of para-hydroxylation sites is 1. The van der Waals surface area contributed by atoms with Gasteiger partial charge in [-0.3, -0.25) is 14.2 Å². The lowest BCUT2D eigenvalue weighted by molar-refractivity contribution is -0.116. The number of nitrogens with zero attached hydrogens (tertiary/aromatic N) is 3. The number of aryl methyl sites for hydroxylation is 2. The van der Waals surface area contributed by atoms with Crippen LogP contribution in [0.2, 0.25) is 0 Å². The number of aromatic nitrogens is 2. The van der Waals surface area contributed by atoms with Gasteiger partial charge >= 0.3 is 0 Å². The van der Waals surface area contributed by atoms with Crippen LogP contribution in [0.1, 0.15) is 35.8 Å². The molecule has 3 aromatic rings. The van der Waals surface area contributed by atoms with Crippen molar-refractivity contribution in [1.82, 2.24) is 9.55 Å². The van der Waals surface area contributed by atoms with Gasteiger partial charge in [-0.2, -0.15) is 0 Å². The average Bonchev–Trinajstić information content (AvgIpc) is 3.33. The molecule has 8 heteroatoms. The first-order valence-electron chi connectivity index (χ1n) is 11.1. The predicted molar refractivity (Wildman–Crippen MR) is 130 cm³/mol. The van der Waals surface area contributed by atoms with Crippen molar-refractivity contribution in [2.75, 3.05) is 24.4 Å². The molecular formula is C24H27N3O3S2. The normalized spacial score (nSPS) is 17.6. The third-order valence-electron chi connectivity index (χ3n) is 6.36. The quantitative estimate of drug-likeness (QED) is 0.403. The molecule has 1 amide bonds. The number of rotatable bonds is 6. The number of carbonyl (C=O) groups excluding carboxylic acids is 1. The van der Waals surface area contributed by atoms with Gasteiger partial charge in [0.15, 0.2) is 5.16 Å². The smallest absolute Gasteiger partial charge is 0.263 e. The van der Waals surface area contributed by atoms with Gasteiger partial charge in [0, 0.05) is 23.7 Å². The Bertz CT molecular complexity index is 1230. The summed E-state index contributed by atoms with van der Waals surface area (Å²) in [5.74, 6) is 0.292. The number of amides is 1. The first-order chi connectivity index (χ1) is 15.6. The van der Waals surface area contributed by atoms with Crippen LogP contribution in [0, 0.1) is 0 Å². The van der Waals surface area contributed by atoms with Gasteiger partial charge < -0.3 is 9.64 Å². The zero-order valence-electron chi connectivity index (χ0n) is 18.4. The predicted octanol–water partition coefficient (Wildman–Crippen LogP) is 4.05. The van der Waals surface area contributed by atoms with Crippen molar-refractivity contribution in [2.45, 2.75) is 56.8 Å². The molecule has 0 spiro atoms. The summed E-state index contributed by atoms with van der Waals surface area (Å²) in [6.07, 6.45) is 5.14. The molecule has 6 nitrogen and oxygen atoms in total. The van der Waals surface area contributed by atoms with Gasteiger partial charge in [0.25, 0.3) is 5.56 Å². The fourth-order valence-corrected chi connectivity index (χ4v) is 7.04. The number of methoxy groups -OCH3 is 1. The summed E-state index contributed by atoms with van der Waals surface area (Å²) in [7, 11) is 1.63. The van der Waals surface area contributed by atoms with E-state index in [-0.39, 0.29) is 23.3 Å². The van der Waals surface area contributed by atoms with Crippen molar-refractivity contribution >= 4 is 44.9 Å². The van der Waals surface area contributed by atoms with E-state index in [2.05, 4.69) is 13.0 Å². The molecule has 1 atom stereocenters. The standard InChI is InChI=1S/C24H27N3O3S2/c1-15-13-16-7-3-5-9-18(16)27(15)20(28)14-31-24-25-22-21(23(29)26(24)11-12-30-2)17-8-4-6-10-19(17)32-22/h3,5,7,9,15H,4,6,8,10-14H2,1-2H3. The van der Waals surface area contributed by atoms with Gasteiger partial charge in [-0.15, -0.1) is 11.3 Å². The second-order valence-corrected chi connectivity index (χ2v) is 10.5. The van der Waals surface area contributed by atoms with Crippen LogP contribution in [0.4, 0.5) is 5.69 Å². The molecule has 3 heterocycles. The highest BCUT2D eigenvalue weighted by Gasteiger charge is 2.31. The van der Waals surface area contributed by atoms with Gasteiger partial charge in [-0.1, -0.05) is 30.0 Å². The molecule has 0 saturated carbocycles. The highest BCUT2D eigenvalue weighted by molar-refractivity contribution is 7.99. The van der Waals surface area contributed by atoms with Crippen LogP contribution < -0.4 is 10.5 Å². The first kappa shape index (κ1) is 21.7. The lowest BCUT2D eigenvalue weighted by atomic mass is 9.97. The number of hydrogen-bond acceptors (Lipinski definition) is 6. The summed E-state index contributed by atoms with van der Waals surface area (Å²) in [5.41, 5.74) is 3.40. The molecule has 1 aromatic carbocycles. The van der Waals surface area contributed by atoms with Crippen molar-refractivity contribution in [1.29, 1.82) is 0 Å². The summed E-state index contributed by atoms with van der Waals surface area (Å²) < 4.78 is 6.95. The molecule has 2 aromatic heterocycles. The van der Waals surface area contributed by atoms with Crippen LogP contribution in [0.5, 0.6) is 0 Å². The number of thiophene rings is 1. The Labute approximate surface area is 195 Å². The topological polar surface area (TPSA) is 64.4 Å². The lowest BCUT2D eigenvalue weighted by Gasteiger charge is -2.22. The van der Waals surface area contributed by atoms with E-state index in [1.54, 1.807) is 23.0 Å². The zero-order chi connectivity index (χ0) is 22.2. The zero-order valence-corrected chi connectivity index (χ0v) is 20.1. The lowest BCUT2D eigenvalue weighted by Crippen LogP contribution is -2.37. The highest BCUT2D eigenvalue weighted by Crippen LogP contribution is 2.35. The number of hydrogen-bond donors (Lipinski definition) is 0. The van der Waals surface area contributed by atoms with Crippen molar-refractivity contribution < 1.29 is 9.53 Å². The summed E-state index contributed by atoms with van der Waals surface area (Å²) in [4.78, 5) is 35.5. The first-order valence-corrected chi connectivity index (χ1v) is 13.0. The van der Waals surface area contributed by atoms with E-state index < -0.39 is 0 Å². The third kappa shape index (κ3) is 3.78. The summed E-state index contributed by atoms with van der Waals surface area (Å²) >= 11 is 3.00. The number of carbonyl (C=O) groups is 1. The number of fused-ring (bicyclic) bond motifs is 4. The maximum atomic E-state index is 13.5. The largest absolute Gasteiger partial charge is 0.383 e. The molecule has 32 heavy (non-hydrogen) atoms.